The first-order valence-corrected chi connectivity index (χ1v) is 7.02. The minimum Gasteiger partial charge on any atom is -0.380 e. The van der Waals surface area contributed by atoms with Crippen molar-refractivity contribution in [2.24, 2.45) is 5.92 Å². The lowest BCUT2D eigenvalue weighted by atomic mass is 10.2. The Kier molecular flexibility index (Phi) is 6.04. The van der Waals surface area contributed by atoms with Gasteiger partial charge in [-0.2, -0.15) is 0 Å². The van der Waals surface area contributed by atoms with E-state index in [-0.39, 0.29) is 18.3 Å². The first kappa shape index (κ1) is 16.5. The van der Waals surface area contributed by atoms with Crippen molar-refractivity contribution in [3.05, 3.63) is 29.4 Å². The number of thiophene rings is 1. The van der Waals surface area contributed by atoms with E-state index in [2.05, 4.69) is 29.5 Å². The molecule has 0 spiro atoms. The molecule has 0 aliphatic heterocycles. The number of nitrogens with zero attached hydrogens (tertiary/aromatic N) is 2. The van der Waals surface area contributed by atoms with Crippen LogP contribution in [0.1, 0.15) is 23.5 Å². The van der Waals surface area contributed by atoms with Gasteiger partial charge in [0.25, 0.3) is 5.91 Å². The Bertz CT molecular complexity index is 564. The Morgan fingerprint density at radius 1 is 1.45 bits per heavy atom. The number of carbonyl (C=O) groups is 1. The van der Waals surface area contributed by atoms with E-state index in [0.29, 0.717) is 16.7 Å². The monoisotopic (exact) mass is 314 g/mol. The van der Waals surface area contributed by atoms with Crippen molar-refractivity contribution < 1.29 is 4.79 Å². The molecule has 20 heavy (non-hydrogen) atoms. The van der Waals surface area contributed by atoms with Crippen LogP contribution in [0.2, 0.25) is 0 Å². The first-order valence-electron chi connectivity index (χ1n) is 6.20. The molecule has 2 rings (SSSR count). The van der Waals surface area contributed by atoms with E-state index in [9.17, 15) is 4.79 Å². The summed E-state index contributed by atoms with van der Waals surface area (Å²) in [5.41, 5.74) is 0. The van der Waals surface area contributed by atoms with Gasteiger partial charge >= 0.3 is 0 Å². The van der Waals surface area contributed by atoms with Gasteiger partial charge in [-0.05, 0) is 18.1 Å². The van der Waals surface area contributed by atoms with Gasteiger partial charge in [0.05, 0.1) is 9.88 Å². The van der Waals surface area contributed by atoms with Crippen molar-refractivity contribution in [1.29, 1.82) is 0 Å². The molecule has 5 nitrogen and oxygen atoms in total. The number of amides is 1. The van der Waals surface area contributed by atoms with Crippen LogP contribution in [0.15, 0.2) is 24.5 Å². The van der Waals surface area contributed by atoms with E-state index in [1.54, 1.807) is 6.20 Å². The second-order valence-corrected chi connectivity index (χ2v) is 5.75. The highest BCUT2D eigenvalue weighted by Gasteiger charge is 2.12. The molecule has 0 bridgehead atoms. The third-order valence-corrected chi connectivity index (χ3v) is 3.68. The lowest BCUT2D eigenvalue weighted by Crippen LogP contribution is -2.16. The van der Waals surface area contributed by atoms with Crippen LogP contribution in [0.25, 0.3) is 0 Å². The number of anilines is 2. The van der Waals surface area contributed by atoms with Crippen LogP contribution in [-0.2, 0) is 6.54 Å². The lowest BCUT2D eigenvalue weighted by Gasteiger charge is -2.10. The molecular weight excluding hydrogens is 296 g/mol. The van der Waals surface area contributed by atoms with Gasteiger partial charge in [-0.25, -0.2) is 4.98 Å². The SMILES string of the molecule is CNc1ccc(C(=O)Nc2nccn2CC(C)C)s1.Cl. The maximum absolute atomic E-state index is 12.1. The fraction of sp³-hybridized carbons (Fsp3) is 0.385. The van der Waals surface area contributed by atoms with Crippen LogP contribution in [0, 0.1) is 5.92 Å². The number of halogens is 1. The first-order chi connectivity index (χ1) is 9.10. The normalized spacial score (nSPS) is 10.2. The second kappa shape index (κ2) is 7.31. The van der Waals surface area contributed by atoms with E-state index < -0.39 is 0 Å². The Balaban J connectivity index is 0.00000200. The maximum atomic E-state index is 12.1. The minimum atomic E-state index is -0.122. The van der Waals surface area contributed by atoms with E-state index in [4.69, 9.17) is 0 Å². The summed E-state index contributed by atoms with van der Waals surface area (Å²) in [6.45, 7) is 5.09. The van der Waals surface area contributed by atoms with Gasteiger partial charge in [0, 0.05) is 26.0 Å². The minimum absolute atomic E-state index is 0. The van der Waals surface area contributed by atoms with Crippen molar-refractivity contribution in [3.8, 4) is 0 Å². The molecule has 7 heteroatoms. The van der Waals surface area contributed by atoms with Crippen molar-refractivity contribution in [2.45, 2.75) is 20.4 Å². The number of imidazole rings is 1. The number of rotatable bonds is 5. The summed E-state index contributed by atoms with van der Waals surface area (Å²) in [6.07, 6.45) is 3.58. The fourth-order valence-corrected chi connectivity index (χ4v) is 2.49. The largest absolute Gasteiger partial charge is 0.380 e. The van der Waals surface area contributed by atoms with Crippen molar-refractivity contribution in [2.75, 3.05) is 17.7 Å². The van der Waals surface area contributed by atoms with Crippen LogP contribution in [0.4, 0.5) is 10.9 Å². The number of aromatic nitrogens is 2. The van der Waals surface area contributed by atoms with Crippen molar-refractivity contribution in [1.82, 2.24) is 9.55 Å². The Morgan fingerprint density at radius 2 is 2.20 bits per heavy atom. The average Bonchev–Trinajstić information content (AvgIpc) is 2.98. The van der Waals surface area contributed by atoms with Crippen LogP contribution >= 0.6 is 23.7 Å². The molecular formula is C13H19ClN4OS. The molecule has 2 aromatic heterocycles. The zero-order chi connectivity index (χ0) is 13.8. The van der Waals surface area contributed by atoms with Gasteiger partial charge in [-0.3, -0.25) is 10.1 Å². The third kappa shape index (κ3) is 3.98. The molecule has 0 radical (unpaired) electrons. The quantitative estimate of drug-likeness (QED) is 0.890. The highest BCUT2D eigenvalue weighted by atomic mass is 35.5. The average molecular weight is 315 g/mol. The molecule has 0 fully saturated rings. The molecule has 110 valence electrons. The van der Waals surface area contributed by atoms with Gasteiger partial charge < -0.3 is 9.88 Å². The second-order valence-electron chi connectivity index (χ2n) is 4.67. The smallest absolute Gasteiger partial charge is 0.268 e. The Morgan fingerprint density at radius 3 is 2.80 bits per heavy atom. The van der Waals surface area contributed by atoms with E-state index in [1.165, 1.54) is 11.3 Å². The van der Waals surface area contributed by atoms with E-state index in [1.807, 2.05) is 29.9 Å². The molecule has 2 heterocycles. The highest BCUT2D eigenvalue weighted by Crippen LogP contribution is 2.22. The number of hydrogen-bond donors (Lipinski definition) is 2. The third-order valence-electron chi connectivity index (χ3n) is 2.58. The predicted molar refractivity (Wildman–Crippen MR) is 86.1 cm³/mol. The standard InChI is InChI=1S/C13H18N4OS.ClH/c1-9(2)8-17-7-6-15-13(17)16-12(18)10-4-5-11(14-3)19-10;/h4-7,9,14H,8H2,1-3H3,(H,15,16,18);1H. The topological polar surface area (TPSA) is 59.0 Å². The summed E-state index contributed by atoms with van der Waals surface area (Å²) in [6, 6.07) is 3.70. The fourth-order valence-electron chi connectivity index (χ4n) is 1.73. The Hall–Kier alpha value is -1.53. The van der Waals surface area contributed by atoms with Gasteiger partial charge in [-0.15, -0.1) is 23.7 Å². The molecule has 0 saturated heterocycles. The van der Waals surface area contributed by atoms with Crippen molar-refractivity contribution >= 4 is 40.6 Å². The molecule has 0 aromatic carbocycles. The molecule has 0 unspecified atom stereocenters. The van der Waals surface area contributed by atoms with Crippen LogP contribution in [0.3, 0.4) is 0 Å². The predicted octanol–water partition coefficient (Wildman–Crippen LogP) is 3.32. The van der Waals surface area contributed by atoms with Crippen molar-refractivity contribution in [3.63, 3.8) is 0 Å². The highest BCUT2D eigenvalue weighted by molar-refractivity contribution is 7.18. The summed E-state index contributed by atoms with van der Waals surface area (Å²) >= 11 is 1.42. The lowest BCUT2D eigenvalue weighted by molar-refractivity contribution is 0.102. The van der Waals surface area contributed by atoms with Gasteiger partial charge in [0.15, 0.2) is 0 Å². The van der Waals surface area contributed by atoms with Crippen LogP contribution < -0.4 is 10.6 Å². The van der Waals surface area contributed by atoms with Crippen LogP contribution in [0.5, 0.6) is 0 Å². The Labute approximate surface area is 128 Å². The molecule has 0 aliphatic carbocycles. The number of hydrogen-bond acceptors (Lipinski definition) is 4. The van der Waals surface area contributed by atoms with Gasteiger partial charge in [0.1, 0.15) is 0 Å². The van der Waals surface area contributed by atoms with Gasteiger partial charge in [0.2, 0.25) is 5.95 Å². The number of nitrogens with one attached hydrogen (secondary N) is 2. The zero-order valence-electron chi connectivity index (χ0n) is 11.7. The zero-order valence-corrected chi connectivity index (χ0v) is 13.3. The summed E-state index contributed by atoms with van der Waals surface area (Å²) in [7, 11) is 1.84. The molecule has 0 saturated carbocycles. The summed E-state index contributed by atoms with van der Waals surface area (Å²) in [5.74, 6) is 0.975. The maximum Gasteiger partial charge on any atom is 0.268 e. The molecule has 0 aliphatic rings. The van der Waals surface area contributed by atoms with Gasteiger partial charge in [-0.1, -0.05) is 13.8 Å². The summed E-state index contributed by atoms with van der Waals surface area (Å²) in [5, 5.41) is 6.83. The molecule has 0 atom stereocenters. The summed E-state index contributed by atoms with van der Waals surface area (Å²) < 4.78 is 1.95. The molecule has 2 N–H and O–H groups in total. The van der Waals surface area contributed by atoms with Crippen LogP contribution in [-0.4, -0.2) is 22.5 Å². The molecule has 2 aromatic rings. The number of carbonyl (C=O) groups excluding carboxylic acids is 1. The molecule has 1 amide bonds. The van der Waals surface area contributed by atoms with E-state index in [0.717, 1.165) is 11.5 Å². The summed E-state index contributed by atoms with van der Waals surface area (Å²) in [4.78, 5) is 16.9. The van der Waals surface area contributed by atoms with E-state index >= 15 is 0 Å².